The van der Waals surface area contributed by atoms with Crippen LogP contribution in [0.5, 0.6) is 5.75 Å². The number of hydrogen-bond acceptors (Lipinski definition) is 3. The molecule has 1 saturated heterocycles. The minimum atomic E-state index is -0.0394. The Morgan fingerprint density at radius 1 is 1.69 bits per heavy atom. The summed E-state index contributed by atoms with van der Waals surface area (Å²) in [5.74, 6) is 0.466. The molecule has 1 aliphatic heterocycles. The maximum absolute atomic E-state index is 12.1. The molecule has 0 N–H and O–H groups in total. The summed E-state index contributed by atoms with van der Waals surface area (Å²) >= 11 is 5.97. The first-order chi connectivity index (χ1) is 7.72. The Morgan fingerprint density at radius 3 is 3.12 bits per heavy atom. The van der Waals surface area contributed by atoms with Crippen LogP contribution in [0, 0.1) is 0 Å². The van der Waals surface area contributed by atoms with Gasteiger partial charge in [0.1, 0.15) is 5.75 Å². The lowest BCUT2D eigenvalue weighted by atomic mass is 10.2. The fourth-order valence-corrected chi connectivity index (χ4v) is 2.06. The van der Waals surface area contributed by atoms with E-state index < -0.39 is 0 Å². The van der Waals surface area contributed by atoms with Gasteiger partial charge in [-0.3, -0.25) is 9.78 Å². The number of carbonyl (C=O) groups excluding carboxylic acids is 1. The monoisotopic (exact) mass is 240 g/mol. The number of halogens is 1. The van der Waals surface area contributed by atoms with E-state index in [1.165, 1.54) is 7.11 Å². The van der Waals surface area contributed by atoms with Crippen molar-refractivity contribution >= 4 is 17.5 Å². The van der Waals surface area contributed by atoms with E-state index in [4.69, 9.17) is 16.3 Å². The largest absolute Gasteiger partial charge is 0.494 e. The molecule has 5 heteroatoms. The van der Waals surface area contributed by atoms with Gasteiger partial charge in [-0.05, 0) is 12.5 Å². The third kappa shape index (κ3) is 2.11. The number of alkyl halides is 1. The Balaban J connectivity index is 2.20. The van der Waals surface area contributed by atoms with Gasteiger partial charge >= 0.3 is 0 Å². The standard InChI is InChI=1S/C11H13ClN2O2/c1-16-10-6-13-4-2-9(10)11(15)14-5-3-8(12)7-14/h2,4,6,8H,3,5,7H2,1H3. The Bertz CT molecular complexity index is 397. The van der Waals surface area contributed by atoms with Crippen LogP contribution < -0.4 is 4.74 Å². The molecule has 2 heterocycles. The fourth-order valence-electron chi connectivity index (χ4n) is 1.79. The van der Waals surface area contributed by atoms with Gasteiger partial charge in [0.15, 0.2) is 0 Å². The highest BCUT2D eigenvalue weighted by molar-refractivity contribution is 6.21. The number of likely N-dealkylation sites (tertiary alicyclic amines) is 1. The van der Waals surface area contributed by atoms with Crippen LogP contribution in [0.25, 0.3) is 0 Å². The summed E-state index contributed by atoms with van der Waals surface area (Å²) in [5.41, 5.74) is 0.545. The van der Waals surface area contributed by atoms with Crippen molar-refractivity contribution in [2.45, 2.75) is 11.8 Å². The molecule has 1 amide bonds. The van der Waals surface area contributed by atoms with Crippen LogP contribution >= 0.6 is 11.6 Å². The maximum atomic E-state index is 12.1. The SMILES string of the molecule is COc1cnccc1C(=O)N1CCC(Cl)C1. The molecule has 1 unspecified atom stereocenters. The molecule has 1 fully saturated rings. The Hall–Kier alpha value is -1.29. The first-order valence-electron chi connectivity index (χ1n) is 5.13. The van der Waals surface area contributed by atoms with Gasteiger partial charge in [-0.25, -0.2) is 0 Å². The molecule has 0 aliphatic carbocycles. The molecular formula is C11H13ClN2O2. The lowest BCUT2D eigenvalue weighted by molar-refractivity contribution is 0.0789. The highest BCUT2D eigenvalue weighted by atomic mass is 35.5. The van der Waals surface area contributed by atoms with Crippen LogP contribution in [0.4, 0.5) is 0 Å². The molecule has 0 bridgehead atoms. The number of amides is 1. The van der Waals surface area contributed by atoms with E-state index in [0.717, 1.165) is 6.42 Å². The molecule has 0 aromatic carbocycles. The predicted octanol–water partition coefficient (Wildman–Crippen LogP) is 1.54. The van der Waals surface area contributed by atoms with Crippen molar-refractivity contribution < 1.29 is 9.53 Å². The van der Waals surface area contributed by atoms with Gasteiger partial charge in [0.25, 0.3) is 5.91 Å². The van der Waals surface area contributed by atoms with Crippen molar-refractivity contribution in [2.75, 3.05) is 20.2 Å². The third-order valence-corrected chi connectivity index (χ3v) is 3.01. The van der Waals surface area contributed by atoms with Gasteiger partial charge in [0.2, 0.25) is 0 Å². The lowest BCUT2D eigenvalue weighted by Crippen LogP contribution is -2.29. The van der Waals surface area contributed by atoms with E-state index in [0.29, 0.717) is 24.4 Å². The van der Waals surface area contributed by atoms with Gasteiger partial charge in [-0.2, -0.15) is 0 Å². The van der Waals surface area contributed by atoms with Gasteiger partial charge in [-0.15, -0.1) is 11.6 Å². The van der Waals surface area contributed by atoms with Crippen molar-refractivity contribution in [3.8, 4) is 5.75 Å². The number of hydrogen-bond donors (Lipinski definition) is 0. The molecule has 0 radical (unpaired) electrons. The number of rotatable bonds is 2. The van der Waals surface area contributed by atoms with E-state index >= 15 is 0 Å². The molecule has 1 aliphatic rings. The van der Waals surface area contributed by atoms with Crippen LogP contribution in [-0.4, -0.2) is 41.4 Å². The summed E-state index contributed by atoms with van der Waals surface area (Å²) in [4.78, 5) is 17.8. The number of aromatic nitrogens is 1. The quantitative estimate of drug-likeness (QED) is 0.737. The van der Waals surface area contributed by atoms with E-state index in [2.05, 4.69) is 4.98 Å². The van der Waals surface area contributed by atoms with Crippen LogP contribution in [0.2, 0.25) is 0 Å². The summed E-state index contributed by atoms with van der Waals surface area (Å²) < 4.78 is 5.11. The fraction of sp³-hybridized carbons (Fsp3) is 0.455. The number of pyridine rings is 1. The molecule has 4 nitrogen and oxygen atoms in total. The molecule has 0 spiro atoms. The first kappa shape index (κ1) is 11.2. The maximum Gasteiger partial charge on any atom is 0.257 e. The van der Waals surface area contributed by atoms with Gasteiger partial charge in [0, 0.05) is 19.3 Å². The van der Waals surface area contributed by atoms with Gasteiger partial charge in [0.05, 0.1) is 24.2 Å². The zero-order chi connectivity index (χ0) is 11.5. The number of methoxy groups -OCH3 is 1. The van der Waals surface area contributed by atoms with E-state index in [1.807, 2.05) is 0 Å². The lowest BCUT2D eigenvalue weighted by Gasteiger charge is -2.16. The normalized spacial score (nSPS) is 19.9. The summed E-state index contributed by atoms with van der Waals surface area (Å²) in [6, 6.07) is 1.67. The zero-order valence-electron chi connectivity index (χ0n) is 9.02. The van der Waals surface area contributed by atoms with Crippen LogP contribution in [-0.2, 0) is 0 Å². The second kappa shape index (κ2) is 4.70. The smallest absolute Gasteiger partial charge is 0.257 e. The van der Waals surface area contributed by atoms with Crippen molar-refractivity contribution in [1.82, 2.24) is 9.88 Å². The van der Waals surface area contributed by atoms with Crippen LogP contribution in [0.1, 0.15) is 16.8 Å². The van der Waals surface area contributed by atoms with E-state index in [-0.39, 0.29) is 11.3 Å². The zero-order valence-corrected chi connectivity index (χ0v) is 9.78. The molecule has 1 aromatic heterocycles. The highest BCUT2D eigenvalue weighted by Crippen LogP contribution is 2.22. The van der Waals surface area contributed by atoms with Crippen molar-refractivity contribution in [3.05, 3.63) is 24.0 Å². The second-order valence-electron chi connectivity index (χ2n) is 3.71. The minimum Gasteiger partial charge on any atom is -0.494 e. The number of carbonyl (C=O) groups is 1. The topological polar surface area (TPSA) is 42.4 Å². The molecule has 86 valence electrons. The Kier molecular flexibility index (Phi) is 3.29. The first-order valence-corrected chi connectivity index (χ1v) is 5.57. The van der Waals surface area contributed by atoms with Gasteiger partial charge < -0.3 is 9.64 Å². The van der Waals surface area contributed by atoms with Gasteiger partial charge in [-0.1, -0.05) is 0 Å². The number of ether oxygens (including phenoxy) is 1. The van der Waals surface area contributed by atoms with Crippen LogP contribution in [0.3, 0.4) is 0 Å². The van der Waals surface area contributed by atoms with E-state index in [1.54, 1.807) is 23.4 Å². The predicted molar refractivity (Wildman–Crippen MR) is 61.0 cm³/mol. The molecule has 16 heavy (non-hydrogen) atoms. The van der Waals surface area contributed by atoms with Crippen molar-refractivity contribution in [3.63, 3.8) is 0 Å². The molecular weight excluding hydrogens is 228 g/mol. The molecule has 1 atom stereocenters. The summed E-state index contributed by atoms with van der Waals surface area (Å²) in [6.07, 6.45) is 3.98. The van der Waals surface area contributed by atoms with Crippen LogP contribution in [0.15, 0.2) is 18.5 Å². The molecule has 1 aromatic rings. The van der Waals surface area contributed by atoms with E-state index in [9.17, 15) is 4.79 Å². The second-order valence-corrected chi connectivity index (χ2v) is 4.33. The summed E-state index contributed by atoms with van der Waals surface area (Å²) in [6.45, 7) is 1.31. The third-order valence-electron chi connectivity index (χ3n) is 2.65. The highest BCUT2D eigenvalue weighted by Gasteiger charge is 2.27. The number of nitrogens with zero attached hydrogens (tertiary/aromatic N) is 2. The molecule has 2 rings (SSSR count). The van der Waals surface area contributed by atoms with Crippen molar-refractivity contribution in [2.24, 2.45) is 0 Å². The average molecular weight is 241 g/mol. The van der Waals surface area contributed by atoms with Crippen molar-refractivity contribution in [1.29, 1.82) is 0 Å². The Morgan fingerprint density at radius 2 is 2.50 bits per heavy atom. The average Bonchev–Trinajstić information content (AvgIpc) is 2.75. The minimum absolute atomic E-state index is 0.0394. The Labute approximate surface area is 99.2 Å². The summed E-state index contributed by atoms with van der Waals surface area (Å²) in [5, 5.41) is 0.0665. The summed E-state index contributed by atoms with van der Waals surface area (Å²) in [7, 11) is 1.53. The molecule has 0 saturated carbocycles.